The lowest BCUT2D eigenvalue weighted by atomic mass is 10.2. The van der Waals surface area contributed by atoms with E-state index in [1.807, 2.05) is 6.07 Å². The molecule has 190 valence electrons. The first-order valence-corrected chi connectivity index (χ1v) is 11.9. The lowest BCUT2D eigenvalue weighted by molar-refractivity contribution is 0.214. The van der Waals surface area contributed by atoms with E-state index in [-0.39, 0.29) is 12.1 Å². The molecule has 0 radical (unpaired) electrons. The fourth-order valence-electron chi connectivity index (χ4n) is 4.18. The molecule has 0 atom stereocenters. The zero-order valence-corrected chi connectivity index (χ0v) is 20.4. The van der Waals surface area contributed by atoms with E-state index >= 15 is 0 Å². The molecule has 2 N–H and O–H groups in total. The van der Waals surface area contributed by atoms with Crippen molar-refractivity contribution < 1.29 is 18.0 Å². The van der Waals surface area contributed by atoms with Crippen molar-refractivity contribution in [1.29, 1.82) is 0 Å². The normalized spacial score (nSPS) is 17.6. The Bertz CT molecular complexity index is 1320. The molecule has 1 aliphatic carbocycles. The number of amidine groups is 1. The van der Waals surface area contributed by atoms with Gasteiger partial charge in [-0.25, -0.2) is 18.8 Å². The maximum atomic E-state index is 14.9. The lowest BCUT2D eigenvalue weighted by Gasteiger charge is -2.33. The van der Waals surface area contributed by atoms with Gasteiger partial charge in [-0.15, -0.1) is 0 Å². The standard InChI is InChI=1S/C25H29F2N7O2/c1-15-10-17-20(30-15)11-18(26)25(24(17)27)35-14-29-22(34-8-6-33(3)7-9-34)13-21(28-2)31-23-12-19(32-36-23)16-4-5-16/h10-13,16,30-31H,2,4-9,14H2,1,3H3/b21-13+,29-22+. The number of aromatic amines is 1. The number of aromatic nitrogens is 2. The molecule has 0 amide bonds. The molecule has 11 heteroatoms. The fraction of sp³-hybridized carbons (Fsp3) is 0.400. The van der Waals surface area contributed by atoms with Crippen molar-refractivity contribution in [3.05, 3.63) is 53.1 Å². The van der Waals surface area contributed by atoms with Crippen LogP contribution >= 0.6 is 0 Å². The van der Waals surface area contributed by atoms with E-state index in [0.717, 1.165) is 50.4 Å². The van der Waals surface area contributed by atoms with Gasteiger partial charge in [0.15, 0.2) is 24.1 Å². The number of hydrogen-bond donors (Lipinski definition) is 2. The molecule has 36 heavy (non-hydrogen) atoms. The van der Waals surface area contributed by atoms with Crippen LogP contribution in [0.3, 0.4) is 0 Å². The first-order valence-electron chi connectivity index (χ1n) is 11.9. The first kappa shape index (κ1) is 24.0. The highest BCUT2D eigenvalue weighted by molar-refractivity contribution is 5.94. The van der Waals surface area contributed by atoms with Gasteiger partial charge in [-0.2, -0.15) is 0 Å². The van der Waals surface area contributed by atoms with Crippen LogP contribution in [0.15, 0.2) is 44.6 Å². The van der Waals surface area contributed by atoms with Crippen molar-refractivity contribution in [3.63, 3.8) is 0 Å². The molecule has 9 nitrogen and oxygen atoms in total. The van der Waals surface area contributed by atoms with Gasteiger partial charge in [-0.05, 0) is 39.6 Å². The highest BCUT2D eigenvalue weighted by Crippen LogP contribution is 2.40. The van der Waals surface area contributed by atoms with E-state index in [4.69, 9.17) is 9.26 Å². The molecule has 3 heterocycles. The number of ether oxygens (including phenoxy) is 1. The minimum Gasteiger partial charge on any atom is -0.465 e. The Kier molecular flexibility index (Phi) is 6.73. The van der Waals surface area contributed by atoms with Crippen molar-refractivity contribution in [2.24, 2.45) is 9.98 Å². The van der Waals surface area contributed by atoms with Crippen LogP contribution in [-0.4, -0.2) is 72.5 Å². The third-order valence-electron chi connectivity index (χ3n) is 6.38. The molecule has 2 aromatic heterocycles. The van der Waals surface area contributed by atoms with Crippen LogP contribution in [0, 0.1) is 18.6 Å². The second kappa shape index (κ2) is 10.1. The second-order valence-electron chi connectivity index (χ2n) is 9.20. The molecule has 3 aromatic rings. The summed E-state index contributed by atoms with van der Waals surface area (Å²) in [6.45, 7) is 8.28. The number of hydrogen-bond acceptors (Lipinski definition) is 7. The van der Waals surface area contributed by atoms with E-state index in [1.165, 1.54) is 6.07 Å². The summed E-state index contributed by atoms with van der Waals surface area (Å²) < 4.78 is 40.4. The predicted molar refractivity (Wildman–Crippen MR) is 135 cm³/mol. The topological polar surface area (TPSA) is 94.3 Å². The average Bonchev–Trinajstić information content (AvgIpc) is 3.49. The average molecular weight is 498 g/mol. The molecule has 5 rings (SSSR count). The fourth-order valence-corrected chi connectivity index (χ4v) is 4.18. The largest absolute Gasteiger partial charge is 0.465 e. The lowest BCUT2D eigenvalue weighted by Crippen LogP contribution is -2.47. The number of aryl methyl sites for hydroxylation is 1. The number of fused-ring (bicyclic) bond motifs is 1. The van der Waals surface area contributed by atoms with Gasteiger partial charge in [0.25, 0.3) is 0 Å². The molecule has 1 aromatic carbocycles. The van der Waals surface area contributed by atoms with Crippen LogP contribution in [0.2, 0.25) is 0 Å². The van der Waals surface area contributed by atoms with Crippen LogP contribution in [0.4, 0.5) is 14.7 Å². The molecule has 2 aliphatic rings. The molecular formula is C25H29F2N7O2. The van der Waals surface area contributed by atoms with Gasteiger partial charge in [0.2, 0.25) is 5.88 Å². The predicted octanol–water partition coefficient (Wildman–Crippen LogP) is 4.26. The Morgan fingerprint density at radius 2 is 2.06 bits per heavy atom. The Labute approximate surface area is 207 Å². The highest BCUT2D eigenvalue weighted by Gasteiger charge is 2.27. The van der Waals surface area contributed by atoms with Crippen molar-refractivity contribution in [2.45, 2.75) is 25.7 Å². The van der Waals surface area contributed by atoms with E-state index in [0.29, 0.717) is 29.0 Å². The van der Waals surface area contributed by atoms with Gasteiger partial charge in [0.1, 0.15) is 11.7 Å². The zero-order valence-electron chi connectivity index (χ0n) is 20.4. The van der Waals surface area contributed by atoms with Crippen LogP contribution in [0.25, 0.3) is 10.9 Å². The van der Waals surface area contributed by atoms with Crippen LogP contribution in [0.1, 0.15) is 30.1 Å². The maximum absolute atomic E-state index is 14.9. The smallest absolute Gasteiger partial charge is 0.230 e. The minimum atomic E-state index is -0.791. The van der Waals surface area contributed by atoms with Crippen molar-refractivity contribution in [1.82, 2.24) is 19.9 Å². The molecule has 0 unspecified atom stereocenters. The van der Waals surface area contributed by atoms with Gasteiger partial charge >= 0.3 is 0 Å². The maximum Gasteiger partial charge on any atom is 0.230 e. The summed E-state index contributed by atoms with van der Waals surface area (Å²) in [6, 6.07) is 4.70. The summed E-state index contributed by atoms with van der Waals surface area (Å²) in [5.74, 6) is -0.116. The first-order chi connectivity index (χ1) is 17.4. The number of aliphatic imine (C=N–C) groups is 2. The van der Waals surface area contributed by atoms with Gasteiger partial charge in [-0.3, -0.25) is 0 Å². The summed E-state index contributed by atoms with van der Waals surface area (Å²) in [7, 11) is 2.05. The van der Waals surface area contributed by atoms with Gasteiger partial charge < -0.3 is 29.4 Å². The summed E-state index contributed by atoms with van der Waals surface area (Å²) in [5.41, 5.74) is 2.03. The quantitative estimate of drug-likeness (QED) is 0.357. The van der Waals surface area contributed by atoms with E-state index in [2.05, 4.69) is 49.0 Å². The van der Waals surface area contributed by atoms with Gasteiger partial charge in [0.05, 0.1) is 11.2 Å². The zero-order chi connectivity index (χ0) is 25.2. The number of piperazine rings is 1. The number of nitrogens with zero attached hydrogens (tertiary/aromatic N) is 5. The molecule has 2 fully saturated rings. The monoisotopic (exact) mass is 497 g/mol. The molecule has 1 saturated heterocycles. The number of likely N-dealkylation sites (N-methyl/N-ethyl adjacent to an activating group) is 1. The van der Waals surface area contributed by atoms with E-state index in [9.17, 15) is 8.78 Å². The van der Waals surface area contributed by atoms with Gasteiger partial charge in [0, 0.05) is 61.4 Å². The molecular weight excluding hydrogens is 468 g/mol. The summed E-state index contributed by atoms with van der Waals surface area (Å²) in [4.78, 5) is 15.8. The van der Waals surface area contributed by atoms with Crippen molar-refractivity contribution >= 4 is 29.3 Å². The number of anilines is 1. The molecule has 0 bridgehead atoms. The second-order valence-corrected chi connectivity index (χ2v) is 9.20. The summed E-state index contributed by atoms with van der Waals surface area (Å²) in [6.07, 6.45) is 3.95. The highest BCUT2D eigenvalue weighted by atomic mass is 19.1. The summed E-state index contributed by atoms with van der Waals surface area (Å²) >= 11 is 0. The SMILES string of the molecule is C=N/C(=C\C(=N/COc1c(F)cc2[nH]c(C)cc2c1F)N1CCN(C)CC1)Nc1cc(C2CC2)no1. The number of halogens is 2. The molecule has 0 spiro atoms. The third kappa shape index (κ3) is 5.25. The molecule has 1 saturated carbocycles. The Balaban J connectivity index is 1.37. The molecule has 1 aliphatic heterocycles. The Morgan fingerprint density at radius 3 is 2.78 bits per heavy atom. The third-order valence-corrected chi connectivity index (χ3v) is 6.38. The number of benzene rings is 1. The van der Waals surface area contributed by atoms with Crippen LogP contribution in [-0.2, 0) is 0 Å². The number of rotatable bonds is 8. The van der Waals surface area contributed by atoms with E-state index < -0.39 is 17.4 Å². The van der Waals surface area contributed by atoms with E-state index in [1.54, 1.807) is 19.1 Å². The number of nitrogens with one attached hydrogen (secondary N) is 2. The summed E-state index contributed by atoms with van der Waals surface area (Å²) in [5, 5.41) is 7.45. The van der Waals surface area contributed by atoms with Crippen LogP contribution < -0.4 is 10.1 Å². The van der Waals surface area contributed by atoms with Gasteiger partial charge in [-0.1, -0.05) is 5.16 Å². The number of H-pyrrole nitrogens is 1. The van der Waals surface area contributed by atoms with Crippen molar-refractivity contribution in [2.75, 3.05) is 45.3 Å². The van der Waals surface area contributed by atoms with Crippen LogP contribution in [0.5, 0.6) is 5.75 Å². The Hall–Kier alpha value is -3.73. The Morgan fingerprint density at radius 1 is 1.28 bits per heavy atom. The minimum absolute atomic E-state index is 0.270. The van der Waals surface area contributed by atoms with Crippen molar-refractivity contribution in [3.8, 4) is 5.75 Å².